The summed E-state index contributed by atoms with van der Waals surface area (Å²) in [5, 5.41) is 2.24. The van der Waals surface area contributed by atoms with Crippen LogP contribution in [0.5, 0.6) is 0 Å². The summed E-state index contributed by atoms with van der Waals surface area (Å²) in [4.78, 5) is 14.1. The van der Waals surface area contributed by atoms with Gasteiger partial charge in [0.2, 0.25) is 0 Å². The van der Waals surface area contributed by atoms with Gasteiger partial charge in [-0.3, -0.25) is 4.79 Å². The molecule has 0 aliphatic carbocycles. The number of anilines is 1. The Morgan fingerprint density at radius 2 is 1.62 bits per heavy atom. The van der Waals surface area contributed by atoms with Crippen LogP contribution in [0.4, 0.5) is 32.0 Å². The minimum absolute atomic E-state index is 0.00630. The van der Waals surface area contributed by atoms with Gasteiger partial charge in [0.1, 0.15) is 0 Å². The standard InChI is InChI=1S/C17H10F6N2O/c18-16(19,20)10-5-6-11(14(8-10)25-15(26)17(21,22)23)13-7-9-3-1-2-4-12(9)24-13/h1-8,24H,(H,25,26). The summed E-state index contributed by atoms with van der Waals surface area (Å²) < 4.78 is 76.3. The number of amides is 1. The third-order valence-corrected chi connectivity index (χ3v) is 3.67. The molecule has 2 aromatic carbocycles. The number of rotatable bonds is 2. The number of alkyl halides is 6. The molecule has 9 heteroatoms. The molecule has 2 N–H and O–H groups in total. The van der Waals surface area contributed by atoms with Crippen molar-refractivity contribution < 1.29 is 31.1 Å². The van der Waals surface area contributed by atoms with Crippen molar-refractivity contribution in [3.8, 4) is 11.3 Å². The van der Waals surface area contributed by atoms with Crippen LogP contribution in [0.2, 0.25) is 0 Å². The van der Waals surface area contributed by atoms with Crippen molar-refractivity contribution in [3.63, 3.8) is 0 Å². The molecule has 0 unspecified atom stereocenters. The first-order valence-electron chi connectivity index (χ1n) is 7.23. The van der Waals surface area contributed by atoms with Gasteiger partial charge >= 0.3 is 18.3 Å². The second kappa shape index (κ2) is 6.08. The van der Waals surface area contributed by atoms with Crippen LogP contribution < -0.4 is 5.32 Å². The van der Waals surface area contributed by atoms with Gasteiger partial charge in [-0.2, -0.15) is 26.3 Å². The van der Waals surface area contributed by atoms with Crippen molar-refractivity contribution in [1.82, 2.24) is 4.98 Å². The molecule has 1 aromatic heterocycles. The van der Waals surface area contributed by atoms with Gasteiger partial charge in [0.15, 0.2) is 0 Å². The summed E-state index contributed by atoms with van der Waals surface area (Å²) >= 11 is 0. The summed E-state index contributed by atoms with van der Waals surface area (Å²) in [6.07, 6.45) is -10.00. The van der Waals surface area contributed by atoms with E-state index in [2.05, 4.69) is 4.98 Å². The van der Waals surface area contributed by atoms with Crippen LogP contribution in [0.1, 0.15) is 5.56 Å². The van der Waals surface area contributed by atoms with Gasteiger partial charge in [0.05, 0.1) is 11.3 Å². The van der Waals surface area contributed by atoms with E-state index in [1.165, 1.54) is 5.32 Å². The maximum Gasteiger partial charge on any atom is 0.471 e. The van der Waals surface area contributed by atoms with Gasteiger partial charge < -0.3 is 10.3 Å². The zero-order valence-corrected chi connectivity index (χ0v) is 12.8. The molecule has 0 atom stereocenters. The first kappa shape index (κ1) is 17.8. The Hall–Kier alpha value is -2.97. The van der Waals surface area contributed by atoms with Gasteiger partial charge in [-0.05, 0) is 24.3 Å². The highest BCUT2D eigenvalue weighted by Crippen LogP contribution is 2.37. The molecule has 0 fully saturated rings. The van der Waals surface area contributed by atoms with Crippen LogP contribution in [0.15, 0.2) is 48.5 Å². The van der Waals surface area contributed by atoms with Crippen LogP contribution in [0, 0.1) is 0 Å². The second-order valence-electron chi connectivity index (χ2n) is 5.48. The molecule has 0 saturated heterocycles. The topological polar surface area (TPSA) is 44.9 Å². The van der Waals surface area contributed by atoms with E-state index in [1.54, 1.807) is 30.3 Å². The number of benzene rings is 2. The number of fused-ring (bicyclic) bond motifs is 1. The number of aromatic nitrogens is 1. The van der Waals surface area contributed by atoms with Crippen LogP contribution in [-0.4, -0.2) is 17.1 Å². The SMILES string of the molecule is O=C(Nc1cc(C(F)(F)F)ccc1-c1cc2ccccc2[nH]1)C(F)(F)F. The molecule has 3 nitrogen and oxygen atoms in total. The number of hydrogen-bond donors (Lipinski definition) is 2. The van der Waals surface area contributed by atoms with Crippen molar-refractivity contribution in [2.75, 3.05) is 5.32 Å². The summed E-state index contributed by atoms with van der Waals surface area (Å²) in [5.41, 5.74) is -0.830. The number of hydrogen-bond acceptors (Lipinski definition) is 1. The summed E-state index contributed by atoms with van der Waals surface area (Å²) in [5.74, 6) is -2.35. The molecule has 136 valence electrons. The lowest BCUT2D eigenvalue weighted by Crippen LogP contribution is -2.30. The number of para-hydroxylation sites is 1. The lowest BCUT2D eigenvalue weighted by Gasteiger charge is -2.15. The van der Waals surface area contributed by atoms with Crippen molar-refractivity contribution in [2.45, 2.75) is 12.4 Å². The maximum absolute atomic E-state index is 12.9. The molecular formula is C17H10F6N2O. The Morgan fingerprint density at radius 3 is 2.23 bits per heavy atom. The third-order valence-electron chi connectivity index (χ3n) is 3.67. The molecule has 0 aliphatic heterocycles. The van der Waals surface area contributed by atoms with Gasteiger partial charge in [-0.25, -0.2) is 0 Å². The fraction of sp³-hybridized carbons (Fsp3) is 0.118. The van der Waals surface area contributed by atoms with E-state index in [0.29, 0.717) is 11.6 Å². The van der Waals surface area contributed by atoms with E-state index in [1.807, 2.05) is 0 Å². The molecule has 26 heavy (non-hydrogen) atoms. The smallest absolute Gasteiger partial charge is 0.354 e. The molecule has 0 radical (unpaired) electrons. The molecular weight excluding hydrogens is 362 g/mol. The van der Waals surface area contributed by atoms with Crippen molar-refractivity contribution >= 4 is 22.5 Å². The Morgan fingerprint density at radius 1 is 0.923 bits per heavy atom. The highest BCUT2D eigenvalue weighted by atomic mass is 19.4. The van der Waals surface area contributed by atoms with E-state index in [-0.39, 0.29) is 11.3 Å². The lowest BCUT2D eigenvalue weighted by molar-refractivity contribution is -0.167. The summed E-state index contributed by atoms with van der Waals surface area (Å²) in [6.45, 7) is 0. The maximum atomic E-state index is 12.9. The van der Waals surface area contributed by atoms with Crippen LogP contribution in [0.25, 0.3) is 22.2 Å². The van der Waals surface area contributed by atoms with Crippen LogP contribution in [-0.2, 0) is 11.0 Å². The predicted octanol–water partition coefficient (Wildman–Crippen LogP) is 5.35. The molecule has 1 heterocycles. The molecule has 3 rings (SSSR count). The highest BCUT2D eigenvalue weighted by molar-refractivity contribution is 5.99. The molecule has 3 aromatic rings. The first-order valence-corrected chi connectivity index (χ1v) is 7.23. The average molecular weight is 372 g/mol. The average Bonchev–Trinajstić information content (AvgIpc) is 2.96. The minimum atomic E-state index is -5.23. The largest absolute Gasteiger partial charge is 0.471 e. The first-order chi connectivity index (χ1) is 12.1. The highest BCUT2D eigenvalue weighted by Gasteiger charge is 2.39. The van der Waals surface area contributed by atoms with E-state index in [9.17, 15) is 31.1 Å². The zero-order chi connectivity index (χ0) is 19.1. The molecule has 0 bridgehead atoms. The van der Waals surface area contributed by atoms with Gasteiger partial charge in [-0.15, -0.1) is 0 Å². The van der Waals surface area contributed by atoms with E-state index < -0.39 is 29.5 Å². The van der Waals surface area contributed by atoms with Crippen molar-refractivity contribution in [3.05, 3.63) is 54.1 Å². The molecule has 0 saturated carbocycles. The molecule has 0 spiro atoms. The Bertz CT molecular complexity index is 938. The van der Waals surface area contributed by atoms with E-state index in [0.717, 1.165) is 17.5 Å². The fourth-order valence-corrected chi connectivity index (χ4v) is 2.47. The van der Waals surface area contributed by atoms with Crippen molar-refractivity contribution in [2.24, 2.45) is 0 Å². The Labute approximate surface area is 142 Å². The number of carbonyl (C=O) groups is 1. The third kappa shape index (κ3) is 3.51. The Balaban J connectivity index is 2.12. The predicted molar refractivity (Wildman–Crippen MR) is 83.4 cm³/mol. The zero-order valence-electron chi connectivity index (χ0n) is 12.8. The monoisotopic (exact) mass is 372 g/mol. The normalized spacial score (nSPS) is 12.4. The van der Waals surface area contributed by atoms with Gasteiger partial charge in [0, 0.05) is 22.2 Å². The van der Waals surface area contributed by atoms with Gasteiger partial charge in [-0.1, -0.05) is 24.3 Å². The number of nitrogens with one attached hydrogen (secondary N) is 2. The summed E-state index contributed by atoms with van der Waals surface area (Å²) in [7, 11) is 0. The second-order valence-corrected chi connectivity index (χ2v) is 5.48. The van der Waals surface area contributed by atoms with Crippen molar-refractivity contribution in [1.29, 1.82) is 0 Å². The fourth-order valence-electron chi connectivity index (χ4n) is 2.47. The quantitative estimate of drug-likeness (QED) is 0.585. The molecule has 0 aliphatic rings. The lowest BCUT2D eigenvalue weighted by atomic mass is 10.1. The number of H-pyrrole nitrogens is 1. The number of halogens is 6. The number of aromatic amines is 1. The van der Waals surface area contributed by atoms with Crippen LogP contribution >= 0.6 is 0 Å². The van der Waals surface area contributed by atoms with Gasteiger partial charge in [0.25, 0.3) is 0 Å². The number of carbonyl (C=O) groups excluding carboxylic acids is 1. The molecule has 1 amide bonds. The minimum Gasteiger partial charge on any atom is -0.354 e. The van der Waals surface area contributed by atoms with E-state index >= 15 is 0 Å². The van der Waals surface area contributed by atoms with E-state index in [4.69, 9.17) is 0 Å². The Kier molecular flexibility index (Phi) is 4.17. The van der Waals surface area contributed by atoms with Crippen LogP contribution in [0.3, 0.4) is 0 Å². The summed E-state index contributed by atoms with van der Waals surface area (Å²) in [6, 6.07) is 10.7.